The van der Waals surface area contributed by atoms with Crippen molar-refractivity contribution < 1.29 is 9.47 Å². The zero-order valence-electron chi connectivity index (χ0n) is 12.2. The summed E-state index contributed by atoms with van der Waals surface area (Å²) < 4.78 is 12.8. The number of benzene rings is 1. The molecule has 0 saturated carbocycles. The molecule has 0 amide bonds. The molecule has 22 heavy (non-hydrogen) atoms. The van der Waals surface area contributed by atoms with E-state index in [1.807, 2.05) is 28.9 Å². The molecule has 1 unspecified atom stereocenters. The highest BCUT2D eigenvalue weighted by molar-refractivity contribution is 5.45. The molecule has 0 aliphatic carbocycles. The number of imidazole rings is 1. The molecule has 6 nitrogen and oxygen atoms in total. The van der Waals surface area contributed by atoms with Gasteiger partial charge in [-0.1, -0.05) is 6.07 Å². The Morgan fingerprint density at radius 1 is 1.27 bits per heavy atom. The molecule has 1 aliphatic heterocycles. The Morgan fingerprint density at radius 2 is 2.18 bits per heavy atom. The average Bonchev–Trinajstić information content (AvgIpc) is 3.18. The van der Waals surface area contributed by atoms with Gasteiger partial charge in [-0.15, -0.1) is 0 Å². The normalized spacial score (nSPS) is 14.4. The lowest BCUT2D eigenvalue weighted by atomic mass is 10.1. The first-order chi connectivity index (χ1) is 10.8. The van der Waals surface area contributed by atoms with Crippen LogP contribution in [0.2, 0.25) is 0 Å². The highest BCUT2D eigenvalue weighted by Crippen LogP contribution is 2.34. The summed E-state index contributed by atoms with van der Waals surface area (Å²) in [5, 5.41) is 3.51. The molecule has 3 aromatic rings. The van der Waals surface area contributed by atoms with Gasteiger partial charge in [0.1, 0.15) is 0 Å². The Bertz CT molecular complexity index is 815. The second kappa shape index (κ2) is 5.31. The molecule has 0 radical (unpaired) electrons. The number of nitrogens with one attached hydrogen (secondary N) is 1. The minimum absolute atomic E-state index is 0.196. The van der Waals surface area contributed by atoms with Gasteiger partial charge in [-0.05, 0) is 24.6 Å². The van der Waals surface area contributed by atoms with Gasteiger partial charge >= 0.3 is 0 Å². The Balaban J connectivity index is 1.49. The van der Waals surface area contributed by atoms with Crippen molar-refractivity contribution in [3.8, 4) is 11.5 Å². The first-order valence-corrected chi connectivity index (χ1v) is 7.20. The van der Waals surface area contributed by atoms with Gasteiger partial charge in [0, 0.05) is 25.0 Å². The first kappa shape index (κ1) is 13.1. The Hall–Kier alpha value is -2.60. The summed E-state index contributed by atoms with van der Waals surface area (Å²) in [5.74, 6) is 1.62. The van der Waals surface area contributed by atoms with Crippen LogP contribution in [0.5, 0.6) is 11.5 Å². The first-order valence-electron chi connectivity index (χ1n) is 7.20. The predicted molar refractivity (Wildman–Crippen MR) is 80.8 cm³/mol. The number of nitrogens with zero attached hydrogens (tertiary/aromatic N) is 3. The van der Waals surface area contributed by atoms with E-state index in [0.29, 0.717) is 6.79 Å². The molecule has 2 aromatic heterocycles. The molecule has 112 valence electrons. The van der Waals surface area contributed by atoms with Crippen LogP contribution < -0.4 is 14.8 Å². The SMILES string of the molecule is CC(NCc1cnc2cnccn12)c1ccc2c(c1)OCO2. The van der Waals surface area contributed by atoms with Crippen LogP contribution in [-0.2, 0) is 6.54 Å². The van der Waals surface area contributed by atoms with E-state index in [0.717, 1.165) is 29.4 Å². The highest BCUT2D eigenvalue weighted by atomic mass is 16.7. The van der Waals surface area contributed by atoms with Crippen molar-refractivity contribution in [3.63, 3.8) is 0 Å². The van der Waals surface area contributed by atoms with Crippen LogP contribution in [0.1, 0.15) is 24.2 Å². The second-order valence-electron chi connectivity index (χ2n) is 5.27. The van der Waals surface area contributed by atoms with E-state index in [2.05, 4.69) is 28.3 Å². The third-order valence-corrected chi connectivity index (χ3v) is 3.88. The number of aromatic nitrogens is 3. The maximum atomic E-state index is 5.43. The number of fused-ring (bicyclic) bond motifs is 2. The van der Waals surface area contributed by atoms with Crippen LogP contribution >= 0.6 is 0 Å². The Kier molecular flexibility index (Phi) is 3.16. The smallest absolute Gasteiger partial charge is 0.231 e. The fourth-order valence-electron chi connectivity index (χ4n) is 2.58. The number of hydrogen-bond acceptors (Lipinski definition) is 5. The van der Waals surface area contributed by atoms with Gasteiger partial charge < -0.3 is 14.8 Å². The lowest BCUT2D eigenvalue weighted by Gasteiger charge is -2.14. The van der Waals surface area contributed by atoms with Gasteiger partial charge in [0.2, 0.25) is 6.79 Å². The lowest BCUT2D eigenvalue weighted by Crippen LogP contribution is -2.19. The van der Waals surface area contributed by atoms with Crippen LogP contribution in [0.25, 0.3) is 5.65 Å². The molecule has 1 aliphatic rings. The van der Waals surface area contributed by atoms with E-state index >= 15 is 0 Å². The summed E-state index contributed by atoms with van der Waals surface area (Å²) in [4.78, 5) is 8.41. The minimum atomic E-state index is 0.196. The molecule has 1 aromatic carbocycles. The maximum Gasteiger partial charge on any atom is 0.231 e. The fourth-order valence-corrected chi connectivity index (χ4v) is 2.58. The molecule has 0 fully saturated rings. The van der Waals surface area contributed by atoms with Gasteiger partial charge in [-0.25, -0.2) is 4.98 Å². The summed E-state index contributed by atoms with van der Waals surface area (Å²) in [7, 11) is 0. The van der Waals surface area contributed by atoms with Crippen LogP contribution in [0, 0.1) is 0 Å². The molecule has 6 heteroatoms. The topological polar surface area (TPSA) is 60.7 Å². The molecule has 0 spiro atoms. The lowest BCUT2D eigenvalue weighted by molar-refractivity contribution is 0.174. The fraction of sp³-hybridized carbons (Fsp3) is 0.250. The monoisotopic (exact) mass is 296 g/mol. The molecule has 0 bridgehead atoms. The van der Waals surface area contributed by atoms with Crippen LogP contribution in [0.15, 0.2) is 43.0 Å². The molecule has 4 rings (SSSR count). The van der Waals surface area contributed by atoms with E-state index in [4.69, 9.17) is 9.47 Å². The molecule has 1 atom stereocenters. The van der Waals surface area contributed by atoms with Crippen molar-refractivity contribution in [1.29, 1.82) is 0 Å². The standard InChI is InChI=1S/C16H16N4O2/c1-11(12-2-3-14-15(6-12)22-10-21-14)18-7-13-8-19-16-9-17-4-5-20(13)16/h2-6,8-9,11,18H,7,10H2,1H3. The molecule has 0 saturated heterocycles. The van der Waals surface area contributed by atoms with Gasteiger partial charge in [-0.3, -0.25) is 9.38 Å². The molecular formula is C16H16N4O2. The number of rotatable bonds is 4. The van der Waals surface area contributed by atoms with Crippen LogP contribution in [0.4, 0.5) is 0 Å². The van der Waals surface area contributed by atoms with Gasteiger partial charge in [0.25, 0.3) is 0 Å². The summed E-state index contributed by atoms with van der Waals surface area (Å²) >= 11 is 0. The summed E-state index contributed by atoms with van der Waals surface area (Å²) in [6, 6.07) is 6.24. The van der Waals surface area contributed by atoms with Gasteiger partial charge in [0.15, 0.2) is 17.1 Å². The van der Waals surface area contributed by atoms with Crippen molar-refractivity contribution in [3.05, 3.63) is 54.2 Å². The van der Waals surface area contributed by atoms with Crippen LogP contribution in [-0.4, -0.2) is 21.2 Å². The number of hydrogen-bond donors (Lipinski definition) is 1. The molecular weight excluding hydrogens is 280 g/mol. The Morgan fingerprint density at radius 3 is 3.14 bits per heavy atom. The average molecular weight is 296 g/mol. The quantitative estimate of drug-likeness (QED) is 0.800. The van der Waals surface area contributed by atoms with E-state index < -0.39 is 0 Å². The third-order valence-electron chi connectivity index (χ3n) is 3.88. The van der Waals surface area contributed by atoms with Crippen molar-refractivity contribution in [2.45, 2.75) is 19.5 Å². The molecule has 1 N–H and O–H groups in total. The van der Waals surface area contributed by atoms with Gasteiger partial charge in [0.05, 0.1) is 18.1 Å². The third kappa shape index (κ3) is 2.27. The van der Waals surface area contributed by atoms with Gasteiger partial charge in [-0.2, -0.15) is 0 Å². The van der Waals surface area contributed by atoms with E-state index in [-0.39, 0.29) is 6.04 Å². The summed E-state index contributed by atoms with van der Waals surface area (Å²) in [6.07, 6.45) is 7.31. The maximum absolute atomic E-state index is 5.43. The van der Waals surface area contributed by atoms with E-state index in [1.165, 1.54) is 5.56 Å². The van der Waals surface area contributed by atoms with Crippen molar-refractivity contribution in [1.82, 2.24) is 19.7 Å². The van der Waals surface area contributed by atoms with Crippen molar-refractivity contribution in [2.75, 3.05) is 6.79 Å². The zero-order chi connectivity index (χ0) is 14.9. The zero-order valence-corrected chi connectivity index (χ0v) is 12.2. The van der Waals surface area contributed by atoms with Crippen molar-refractivity contribution >= 4 is 5.65 Å². The highest BCUT2D eigenvalue weighted by Gasteiger charge is 2.15. The number of ether oxygens (including phenoxy) is 2. The Labute approximate surface area is 127 Å². The largest absolute Gasteiger partial charge is 0.454 e. The van der Waals surface area contributed by atoms with Crippen molar-refractivity contribution in [2.24, 2.45) is 0 Å². The summed E-state index contributed by atoms with van der Waals surface area (Å²) in [6.45, 7) is 3.15. The predicted octanol–water partition coefficient (Wildman–Crippen LogP) is 2.31. The summed E-state index contributed by atoms with van der Waals surface area (Å²) in [5.41, 5.74) is 3.12. The van der Waals surface area contributed by atoms with E-state index in [1.54, 1.807) is 12.4 Å². The molecule has 3 heterocycles. The second-order valence-corrected chi connectivity index (χ2v) is 5.27. The van der Waals surface area contributed by atoms with Crippen LogP contribution in [0.3, 0.4) is 0 Å². The minimum Gasteiger partial charge on any atom is -0.454 e. The van der Waals surface area contributed by atoms with E-state index in [9.17, 15) is 0 Å².